The summed E-state index contributed by atoms with van der Waals surface area (Å²) in [6, 6.07) is 15.5. The molecule has 0 bridgehead atoms. The van der Waals surface area contributed by atoms with Gasteiger partial charge in [0.25, 0.3) is 0 Å². The lowest BCUT2D eigenvalue weighted by atomic mass is 10.2. The highest BCUT2D eigenvalue weighted by atomic mass is 32.2. The Morgan fingerprint density at radius 1 is 1.05 bits per heavy atom. The molecule has 0 aliphatic heterocycles. The molecule has 96 valence electrons. The smallest absolute Gasteiger partial charge is 0.182 e. The van der Waals surface area contributed by atoms with E-state index in [0.29, 0.717) is 4.90 Å². The standard InChI is InChI=1S/C14H11NO2S2/c15-11-18-13-7-4-8-14(9-13)19(16,17)10-12-5-2-1-3-6-12/h1-9H,10H2. The van der Waals surface area contributed by atoms with Gasteiger partial charge in [0.15, 0.2) is 9.84 Å². The maximum Gasteiger partial charge on any atom is 0.182 e. The van der Waals surface area contributed by atoms with Crippen LogP contribution < -0.4 is 0 Å². The van der Waals surface area contributed by atoms with Crippen molar-refractivity contribution in [2.24, 2.45) is 0 Å². The first-order valence-corrected chi connectivity index (χ1v) is 8.01. The molecule has 5 heteroatoms. The summed E-state index contributed by atoms with van der Waals surface area (Å²) in [4.78, 5) is 0.883. The number of nitriles is 1. The van der Waals surface area contributed by atoms with Crippen LogP contribution in [-0.4, -0.2) is 8.42 Å². The topological polar surface area (TPSA) is 57.9 Å². The fourth-order valence-corrected chi connectivity index (χ4v) is 3.56. The molecule has 0 spiro atoms. The van der Waals surface area contributed by atoms with Crippen molar-refractivity contribution < 1.29 is 8.42 Å². The van der Waals surface area contributed by atoms with Gasteiger partial charge in [-0.2, -0.15) is 5.26 Å². The largest absolute Gasteiger partial charge is 0.223 e. The second-order valence-corrected chi connectivity index (χ2v) is 6.76. The van der Waals surface area contributed by atoms with Crippen LogP contribution in [0.4, 0.5) is 0 Å². The summed E-state index contributed by atoms with van der Waals surface area (Å²) in [5, 5.41) is 10.5. The molecule has 3 nitrogen and oxygen atoms in total. The SMILES string of the molecule is N#CSc1cccc(S(=O)(=O)Cc2ccccc2)c1. The molecule has 0 fully saturated rings. The second-order valence-electron chi connectivity index (χ2n) is 3.91. The van der Waals surface area contributed by atoms with Gasteiger partial charge in [-0.1, -0.05) is 36.4 Å². The number of hydrogen-bond acceptors (Lipinski definition) is 4. The number of hydrogen-bond donors (Lipinski definition) is 0. The predicted molar refractivity (Wildman–Crippen MR) is 75.2 cm³/mol. The van der Waals surface area contributed by atoms with Crippen molar-refractivity contribution in [2.75, 3.05) is 0 Å². The maximum absolute atomic E-state index is 12.3. The van der Waals surface area contributed by atoms with Crippen LogP contribution in [0.2, 0.25) is 0 Å². The van der Waals surface area contributed by atoms with Gasteiger partial charge in [-0.05, 0) is 35.5 Å². The van der Waals surface area contributed by atoms with Crippen molar-refractivity contribution in [3.63, 3.8) is 0 Å². The quantitative estimate of drug-likeness (QED) is 0.640. The zero-order valence-corrected chi connectivity index (χ0v) is 11.6. The second kappa shape index (κ2) is 5.91. The molecule has 2 aromatic carbocycles. The minimum Gasteiger partial charge on any atom is -0.223 e. The number of sulfone groups is 1. The van der Waals surface area contributed by atoms with Crippen LogP contribution in [0.3, 0.4) is 0 Å². The molecule has 2 rings (SSSR count). The Morgan fingerprint density at radius 2 is 1.79 bits per heavy atom. The Bertz CT molecular complexity index is 704. The Balaban J connectivity index is 2.30. The molecule has 0 heterocycles. The van der Waals surface area contributed by atoms with Crippen LogP contribution in [0.1, 0.15) is 5.56 Å². The molecule has 0 unspecified atom stereocenters. The fraction of sp³-hybridized carbons (Fsp3) is 0.0714. The lowest BCUT2D eigenvalue weighted by Gasteiger charge is -2.05. The van der Waals surface area contributed by atoms with Crippen LogP contribution >= 0.6 is 11.8 Å². The number of nitrogens with zero attached hydrogens (tertiary/aromatic N) is 1. The lowest BCUT2D eigenvalue weighted by Crippen LogP contribution is -2.04. The molecule has 2 aromatic rings. The minimum atomic E-state index is -3.38. The van der Waals surface area contributed by atoms with Gasteiger partial charge in [-0.15, -0.1) is 0 Å². The number of benzene rings is 2. The van der Waals surface area contributed by atoms with Gasteiger partial charge in [0.05, 0.1) is 10.6 Å². The third-order valence-electron chi connectivity index (χ3n) is 2.53. The number of thioether (sulfide) groups is 1. The molecule has 0 saturated heterocycles. The van der Waals surface area contributed by atoms with Crippen molar-refractivity contribution >= 4 is 21.6 Å². The van der Waals surface area contributed by atoms with E-state index < -0.39 is 9.84 Å². The predicted octanol–water partition coefficient (Wildman–Crippen LogP) is 3.23. The third-order valence-corrected chi connectivity index (χ3v) is 4.79. The summed E-state index contributed by atoms with van der Waals surface area (Å²) in [6.07, 6.45) is 0. The van der Waals surface area contributed by atoms with E-state index in [2.05, 4.69) is 0 Å². The van der Waals surface area contributed by atoms with Crippen molar-refractivity contribution in [3.8, 4) is 5.40 Å². The van der Waals surface area contributed by atoms with Gasteiger partial charge >= 0.3 is 0 Å². The van der Waals surface area contributed by atoms with E-state index in [1.807, 2.05) is 23.6 Å². The molecule has 19 heavy (non-hydrogen) atoms. The number of thiocyanates is 1. The van der Waals surface area contributed by atoms with Crippen LogP contribution in [0.25, 0.3) is 0 Å². The van der Waals surface area contributed by atoms with Crippen LogP contribution in [0.5, 0.6) is 0 Å². The third kappa shape index (κ3) is 3.60. The summed E-state index contributed by atoms with van der Waals surface area (Å²) in [6.45, 7) is 0. The highest BCUT2D eigenvalue weighted by Crippen LogP contribution is 2.22. The molecular weight excluding hydrogens is 278 g/mol. The van der Waals surface area contributed by atoms with Gasteiger partial charge < -0.3 is 0 Å². The van der Waals surface area contributed by atoms with Crippen molar-refractivity contribution in [3.05, 3.63) is 60.2 Å². The number of rotatable bonds is 4. The first-order valence-electron chi connectivity index (χ1n) is 5.54. The minimum absolute atomic E-state index is 0.0332. The van der Waals surface area contributed by atoms with E-state index in [1.54, 1.807) is 30.3 Å². The Labute approximate surface area is 116 Å². The average Bonchev–Trinajstić information content (AvgIpc) is 2.40. The maximum atomic E-state index is 12.3. The molecule has 0 atom stereocenters. The van der Waals surface area contributed by atoms with E-state index >= 15 is 0 Å². The molecule has 0 amide bonds. The molecule has 0 saturated carbocycles. The van der Waals surface area contributed by atoms with Crippen molar-refractivity contribution in [2.45, 2.75) is 15.5 Å². The molecular formula is C14H11NO2S2. The van der Waals surface area contributed by atoms with Gasteiger partial charge in [0, 0.05) is 4.90 Å². The highest BCUT2D eigenvalue weighted by Gasteiger charge is 2.15. The van der Waals surface area contributed by atoms with Crippen LogP contribution in [-0.2, 0) is 15.6 Å². The Morgan fingerprint density at radius 3 is 2.47 bits per heavy atom. The van der Waals surface area contributed by atoms with Crippen molar-refractivity contribution in [1.82, 2.24) is 0 Å². The van der Waals surface area contributed by atoms with Gasteiger partial charge in [-0.3, -0.25) is 0 Å². The van der Waals surface area contributed by atoms with Crippen molar-refractivity contribution in [1.29, 1.82) is 5.26 Å². The molecule has 0 aromatic heterocycles. The molecule has 0 aliphatic rings. The van der Waals surface area contributed by atoms with Gasteiger partial charge in [0.2, 0.25) is 0 Å². The monoisotopic (exact) mass is 289 g/mol. The van der Waals surface area contributed by atoms with E-state index in [-0.39, 0.29) is 10.6 Å². The summed E-state index contributed by atoms with van der Waals surface area (Å²) >= 11 is 0.953. The summed E-state index contributed by atoms with van der Waals surface area (Å²) in [7, 11) is -3.38. The first-order chi connectivity index (χ1) is 9.12. The van der Waals surface area contributed by atoms with E-state index in [1.165, 1.54) is 6.07 Å². The summed E-state index contributed by atoms with van der Waals surface area (Å²) in [5.74, 6) is -0.0332. The summed E-state index contributed by atoms with van der Waals surface area (Å²) < 4.78 is 24.5. The zero-order valence-electron chi connectivity index (χ0n) is 9.98. The van der Waals surface area contributed by atoms with E-state index in [4.69, 9.17) is 5.26 Å². The molecule has 0 radical (unpaired) electrons. The normalized spacial score (nSPS) is 10.9. The fourth-order valence-electron chi connectivity index (χ4n) is 1.66. The van der Waals surface area contributed by atoms with Gasteiger partial charge in [0.1, 0.15) is 5.40 Å². The molecule has 0 aliphatic carbocycles. The van der Waals surface area contributed by atoms with E-state index in [9.17, 15) is 8.42 Å². The Kier molecular flexibility index (Phi) is 4.25. The molecule has 0 N–H and O–H groups in total. The summed E-state index contributed by atoms with van der Waals surface area (Å²) in [5.41, 5.74) is 0.751. The zero-order chi connectivity index (χ0) is 13.7. The van der Waals surface area contributed by atoms with Crippen LogP contribution in [0.15, 0.2) is 64.4 Å². The van der Waals surface area contributed by atoms with Crippen LogP contribution in [0, 0.1) is 10.7 Å². The van der Waals surface area contributed by atoms with E-state index in [0.717, 1.165) is 17.3 Å². The highest BCUT2D eigenvalue weighted by molar-refractivity contribution is 8.03. The van der Waals surface area contributed by atoms with Gasteiger partial charge in [-0.25, -0.2) is 8.42 Å². The lowest BCUT2D eigenvalue weighted by molar-refractivity contribution is 0.595. The first kappa shape index (κ1) is 13.7. The Hall–Kier alpha value is -1.77. The average molecular weight is 289 g/mol.